The van der Waals surface area contributed by atoms with Crippen LogP contribution in [0, 0.1) is 29.0 Å². The summed E-state index contributed by atoms with van der Waals surface area (Å²) < 4.78 is 14.0. The van der Waals surface area contributed by atoms with Gasteiger partial charge in [0, 0.05) is 12.1 Å². The van der Waals surface area contributed by atoms with Crippen LogP contribution in [0.2, 0.25) is 0 Å². The molecule has 1 saturated carbocycles. The minimum Gasteiger partial charge on any atom is -0.344 e. The molecule has 1 atom stereocenters. The average molecular weight is 577 g/mol. The Morgan fingerprint density at radius 3 is 2.49 bits per heavy atom. The van der Waals surface area contributed by atoms with Gasteiger partial charge in [0.2, 0.25) is 0 Å². The zero-order valence-corrected chi connectivity index (χ0v) is 24.4. The van der Waals surface area contributed by atoms with Crippen molar-refractivity contribution in [3.8, 4) is 17.9 Å². The van der Waals surface area contributed by atoms with Gasteiger partial charge in [0.25, 0.3) is 5.91 Å². The summed E-state index contributed by atoms with van der Waals surface area (Å²) in [6.45, 7) is 5.63. The molecule has 3 amide bonds. The highest BCUT2D eigenvalue weighted by atomic mass is 19.1. The Labute approximate surface area is 250 Å². The predicted molar refractivity (Wildman–Crippen MR) is 163 cm³/mol. The molecule has 0 saturated heterocycles. The molecule has 0 heterocycles. The standard InChI is InChI=1S/C35H33FN4O3/c1-4-8-27-20-29(16-15-25(27)5-2)35(17-18-35)40-32(41)30-10-7-6-9-28(30)22-38-33(42)34(43)39-23(3)11-13-26-14-12-24(21-37)19-31(26)36/h5-10,12,14-16,19-20,23H,4,17-18,22H2,1-3H3,(H,38,42)(H,39,43)(H,40,41)/b25-5-,27-8-/t23-/m0/s1. The smallest absolute Gasteiger partial charge is 0.310 e. The van der Waals surface area contributed by atoms with Gasteiger partial charge in [0.15, 0.2) is 0 Å². The summed E-state index contributed by atoms with van der Waals surface area (Å²) in [7, 11) is 0. The number of carbonyl (C=O) groups excluding carboxylic acids is 3. The molecule has 3 aromatic carbocycles. The fourth-order valence-electron chi connectivity index (χ4n) is 4.75. The van der Waals surface area contributed by atoms with Crippen molar-refractivity contribution < 1.29 is 18.8 Å². The molecule has 0 spiro atoms. The number of halogens is 1. The Morgan fingerprint density at radius 2 is 1.81 bits per heavy atom. The SMILES string of the molecule is C/C=c1/ccc(C2(NC(=O)c3ccccc3CNC(=O)C(=O)N[C@@H](C)C#Cc3ccc(C#N)cc3F)CC2)c/c1=C/CC. The van der Waals surface area contributed by atoms with E-state index in [1.807, 2.05) is 13.0 Å². The van der Waals surface area contributed by atoms with Crippen LogP contribution in [-0.4, -0.2) is 23.8 Å². The maximum atomic E-state index is 14.0. The second kappa shape index (κ2) is 13.6. The minimum absolute atomic E-state index is 0.0317. The van der Waals surface area contributed by atoms with Crippen LogP contribution in [0.5, 0.6) is 0 Å². The van der Waals surface area contributed by atoms with Crippen molar-refractivity contribution in [2.45, 2.75) is 58.2 Å². The molecule has 0 aliphatic heterocycles. The van der Waals surface area contributed by atoms with E-state index in [9.17, 15) is 18.8 Å². The first-order valence-electron chi connectivity index (χ1n) is 14.2. The van der Waals surface area contributed by atoms with Gasteiger partial charge in [-0.2, -0.15) is 5.26 Å². The third-order valence-electron chi connectivity index (χ3n) is 7.25. The molecule has 3 aromatic rings. The number of carbonyl (C=O) groups is 3. The summed E-state index contributed by atoms with van der Waals surface area (Å²) >= 11 is 0. The summed E-state index contributed by atoms with van der Waals surface area (Å²) in [6.07, 6.45) is 6.81. The van der Waals surface area contributed by atoms with Crippen molar-refractivity contribution in [2.75, 3.05) is 0 Å². The Balaban J connectivity index is 1.38. The predicted octanol–water partition coefficient (Wildman–Crippen LogP) is 3.28. The summed E-state index contributed by atoms with van der Waals surface area (Å²) in [5, 5.41) is 19.4. The normalized spacial score (nSPS) is 14.5. The van der Waals surface area contributed by atoms with Gasteiger partial charge < -0.3 is 16.0 Å². The fraction of sp³-hybridized carbons (Fsp3) is 0.257. The first kappa shape index (κ1) is 30.7. The summed E-state index contributed by atoms with van der Waals surface area (Å²) in [5.41, 5.74) is 1.85. The van der Waals surface area contributed by atoms with E-state index in [1.165, 1.54) is 12.1 Å². The Kier molecular flexibility index (Phi) is 9.75. The second-order valence-electron chi connectivity index (χ2n) is 10.4. The van der Waals surface area contributed by atoms with E-state index >= 15 is 0 Å². The van der Waals surface area contributed by atoms with Crippen LogP contribution in [0.25, 0.3) is 12.2 Å². The lowest BCUT2D eigenvalue weighted by Crippen LogP contribution is -2.43. The van der Waals surface area contributed by atoms with Crippen molar-refractivity contribution in [3.05, 3.63) is 105 Å². The number of hydrogen-bond acceptors (Lipinski definition) is 4. The first-order chi connectivity index (χ1) is 20.7. The van der Waals surface area contributed by atoms with Gasteiger partial charge >= 0.3 is 11.8 Å². The third kappa shape index (κ3) is 7.55. The lowest BCUT2D eigenvalue weighted by atomic mass is 10.0. The molecule has 218 valence electrons. The fourth-order valence-corrected chi connectivity index (χ4v) is 4.75. The third-order valence-corrected chi connectivity index (χ3v) is 7.25. The zero-order valence-electron chi connectivity index (χ0n) is 24.4. The first-order valence-corrected chi connectivity index (χ1v) is 14.2. The molecule has 43 heavy (non-hydrogen) atoms. The summed E-state index contributed by atoms with van der Waals surface area (Å²) in [6, 6.07) is 18.2. The highest BCUT2D eigenvalue weighted by molar-refractivity contribution is 6.35. The minimum atomic E-state index is -0.909. The molecule has 4 rings (SSSR count). The van der Waals surface area contributed by atoms with Crippen LogP contribution in [-0.2, 0) is 21.7 Å². The van der Waals surface area contributed by atoms with Gasteiger partial charge in [0.05, 0.1) is 28.8 Å². The number of hydrogen-bond donors (Lipinski definition) is 3. The molecule has 0 unspecified atom stereocenters. The van der Waals surface area contributed by atoms with Crippen LogP contribution in [0.3, 0.4) is 0 Å². The molecule has 1 aliphatic carbocycles. The Bertz CT molecular complexity index is 1790. The topological polar surface area (TPSA) is 111 Å². The van der Waals surface area contributed by atoms with E-state index in [2.05, 4.69) is 65.1 Å². The second-order valence-corrected chi connectivity index (χ2v) is 10.4. The highest BCUT2D eigenvalue weighted by Gasteiger charge is 2.46. The van der Waals surface area contributed by atoms with Gasteiger partial charge in [-0.15, -0.1) is 0 Å². The van der Waals surface area contributed by atoms with E-state index < -0.39 is 29.2 Å². The van der Waals surface area contributed by atoms with Gasteiger partial charge in [-0.3, -0.25) is 14.4 Å². The summed E-state index contributed by atoms with van der Waals surface area (Å²) in [4.78, 5) is 38.4. The van der Waals surface area contributed by atoms with E-state index in [-0.39, 0.29) is 23.6 Å². The molecular formula is C35H33FN4O3. The van der Waals surface area contributed by atoms with Gasteiger partial charge in [-0.1, -0.05) is 61.2 Å². The van der Waals surface area contributed by atoms with Crippen LogP contribution >= 0.6 is 0 Å². The van der Waals surface area contributed by atoms with E-state index in [0.29, 0.717) is 11.1 Å². The highest BCUT2D eigenvalue weighted by Crippen LogP contribution is 2.45. The molecule has 1 aliphatic rings. The van der Waals surface area contributed by atoms with E-state index in [4.69, 9.17) is 5.26 Å². The van der Waals surface area contributed by atoms with E-state index in [0.717, 1.165) is 41.3 Å². The van der Waals surface area contributed by atoms with Crippen molar-refractivity contribution in [1.29, 1.82) is 5.26 Å². The van der Waals surface area contributed by atoms with Gasteiger partial charge in [-0.25, -0.2) is 4.39 Å². The van der Waals surface area contributed by atoms with Crippen molar-refractivity contribution in [2.24, 2.45) is 0 Å². The molecule has 0 bridgehead atoms. The molecule has 0 aromatic heterocycles. The molecule has 3 N–H and O–H groups in total. The Hall–Kier alpha value is -5.21. The van der Waals surface area contributed by atoms with Gasteiger partial charge in [-0.05, 0) is 85.0 Å². The largest absolute Gasteiger partial charge is 0.344 e. The van der Waals surface area contributed by atoms with Crippen LogP contribution < -0.4 is 26.4 Å². The number of amides is 3. The summed E-state index contributed by atoms with van der Waals surface area (Å²) in [5.74, 6) is 2.59. The zero-order chi connectivity index (χ0) is 31.0. The lowest BCUT2D eigenvalue weighted by Gasteiger charge is -2.20. The van der Waals surface area contributed by atoms with Crippen molar-refractivity contribution in [1.82, 2.24) is 16.0 Å². The molecule has 1 fully saturated rings. The number of benzene rings is 3. The van der Waals surface area contributed by atoms with Gasteiger partial charge in [0.1, 0.15) is 5.82 Å². The monoisotopic (exact) mass is 576 g/mol. The van der Waals surface area contributed by atoms with E-state index in [1.54, 1.807) is 31.2 Å². The maximum absolute atomic E-state index is 14.0. The molecule has 0 radical (unpaired) electrons. The Morgan fingerprint density at radius 1 is 1.05 bits per heavy atom. The van der Waals surface area contributed by atoms with Crippen LogP contribution in [0.4, 0.5) is 4.39 Å². The lowest BCUT2D eigenvalue weighted by molar-refractivity contribution is -0.139. The van der Waals surface area contributed by atoms with Crippen LogP contribution in [0.1, 0.15) is 72.6 Å². The quantitative estimate of drug-likeness (QED) is 0.296. The number of rotatable bonds is 7. The average Bonchev–Trinajstić information content (AvgIpc) is 3.79. The number of nitrogens with zero attached hydrogens (tertiary/aromatic N) is 1. The molecule has 8 heteroatoms. The molecular weight excluding hydrogens is 543 g/mol. The number of nitriles is 1. The van der Waals surface area contributed by atoms with Crippen LogP contribution in [0.15, 0.2) is 60.7 Å². The maximum Gasteiger partial charge on any atom is 0.310 e. The number of nitrogens with one attached hydrogen (secondary N) is 3. The van der Waals surface area contributed by atoms with Crippen molar-refractivity contribution >= 4 is 29.9 Å². The molecule has 7 nitrogen and oxygen atoms in total. The van der Waals surface area contributed by atoms with Crippen molar-refractivity contribution in [3.63, 3.8) is 0 Å².